The molecule has 1 atom stereocenters. The van der Waals surface area contributed by atoms with Crippen molar-refractivity contribution in [2.45, 2.75) is 19.5 Å². The van der Waals surface area contributed by atoms with Crippen molar-refractivity contribution < 1.29 is 0 Å². The number of hydrogen-bond acceptors (Lipinski definition) is 5. The second kappa shape index (κ2) is 4.82. The van der Waals surface area contributed by atoms with E-state index >= 15 is 0 Å². The first-order chi connectivity index (χ1) is 7.86. The number of hydrazine groups is 1. The molecular weight excluding hydrogens is 204 g/mol. The number of nitrogens with two attached hydrogens (primary N) is 1. The zero-order chi connectivity index (χ0) is 11.4. The summed E-state index contributed by atoms with van der Waals surface area (Å²) in [6.45, 7) is 2.81. The monoisotopic (exact) mass is 218 g/mol. The molecule has 84 valence electrons. The lowest BCUT2D eigenvalue weighted by Gasteiger charge is -2.15. The summed E-state index contributed by atoms with van der Waals surface area (Å²) in [4.78, 5) is 8.37. The molecule has 0 bridgehead atoms. The van der Waals surface area contributed by atoms with Gasteiger partial charge < -0.3 is 0 Å². The lowest BCUT2D eigenvalue weighted by molar-refractivity contribution is 0.525. The molecule has 2 rings (SSSR count). The molecule has 0 spiro atoms. The zero-order valence-electron chi connectivity index (χ0n) is 9.04. The molecule has 2 aromatic rings. The van der Waals surface area contributed by atoms with E-state index in [1.807, 2.05) is 17.7 Å². The molecule has 0 saturated heterocycles. The Morgan fingerprint density at radius 2 is 2.12 bits per heavy atom. The molecule has 0 aliphatic carbocycles. The smallest absolute Gasteiger partial charge is 0.152 e. The first-order valence-electron chi connectivity index (χ1n) is 5.11. The number of aryl methyl sites for hydroxylation is 1. The Hall–Kier alpha value is -1.79. The number of rotatable bonds is 4. The van der Waals surface area contributed by atoms with Crippen molar-refractivity contribution in [1.82, 2.24) is 25.2 Å². The second-order valence-corrected chi connectivity index (χ2v) is 3.28. The van der Waals surface area contributed by atoms with Gasteiger partial charge in [-0.15, -0.1) is 0 Å². The van der Waals surface area contributed by atoms with Crippen molar-refractivity contribution in [1.29, 1.82) is 0 Å². The number of hydrogen-bond donors (Lipinski definition) is 2. The summed E-state index contributed by atoms with van der Waals surface area (Å²) in [5, 5.41) is 4.19. The van der Waals surface area contributed by atoms with Crippen LogP contribution in [0.4, 0.5) is 0 Å². The predicted octanol–water partition coefficient (Wildman–Crippen LogP) is 0.246. The Balaban J connectivity index is 2.37. The van der Waals surface area contributed by atoms with E-state index in [2.05, 4.69) is 20.5 Å². The Labute approximate surface area is 93.5 Å². The van der Waals surface area contributed by atoms with Crippen molar-refractivity contribution in [3.8, 4) is 0 Å². The van der Waals surface area contributed by atoms with Crippen LogP contribution in [0.1, 0.15) is 24.5 Å². The third-order valence-corrected chi connectivity index (χ3v) is 2.36. The van der Waals surface area contributed by atoms with E-state index in [-0.39, 0.29) is 6.04 Å². The molecule has 0 aromatic carbocycles. The number of nitrogens with one attached hydrogen (secondary N) is 1. The molecular formula is C10H14N6. The van der Waals surface area contributed by atoms with Gasteiger partial charge in [0.05, 0.1) is 5.69 Å². The quantitative estimate of drug-likeness (QED) is 0.567. The van der Waals surface area contributed by atoms with Crippen molar-refractivity contribution >= 4 is 0 Å². The SMILES string of the molecule is CCn1nccc1C(NN)c1ncccn1. The van der Waals surface area contributed by atoms with Crippen molar-refractivity contribution in [3.63, 3.8) is 0 Å². The molecule has 0 amide bonds. The van der Waals surface area contributed by atoms with Gasteiger partial charge in [-0.2, -0.15) is 5.10 Å². The molecule has 0 aliphatic rings. The fourth-order valence-corrected chi connectivity index (χ4v) is 1.60. The lowest BCUT2D eigenvalue weighted by Crippen LogP contribution is -2.32. The van der Waals surface area contributed by atoms with Crippen LogP contribution in [0.2, 0.25) is 0 Å². The topological polar surface area (TPSA) is 81.7 Å². The van der Waals surface area contributed by atoms with Crippen LogP contribution in [0.3, 0.4) is 0 Å². The third-order valence-electron chi connectivity index (χ3n) is 2.36. The van der Waals surface area contributed by atoms with Gasteiger partial charge in [0, 0.05) is 25.1 Å². The molecule has 0 aliphatic heterocycles. The third kappa shape index (κ3) is 1.93. The normalized spacial score (nSPS) is 12.6. The van der Waals surface area contributed by atoms with Gasteiger partial charge in [0.1, 0.15) is 6.04 Å². The maximum Gasteiger partial charge on any atom is 0.152 e. The average molecular weight is 218 g/mol. The standard InChI is InChI=1S/C10H14N6/c1-2-16-8(4-7-14-16)9(15-11)10-12-5-3-6-13-10/h3-7,9,15H,2,11H2,1H3. The molecule has 0 fully saturated rings. The number of aromatic nitrogens is 4. The first kappa shape index (κ1) is 10.7. The highest BCUT2D eigenvalue weighted by Crippen LogP contribution is 2.16. The molecule has 1 unspecified atom stereocenters. The average Bonchev–Trinajstić information content (AvgIpc) is 2.80. The van der Waals surface area contributed by atoms with Gasteiger partial charge in [-0.1, -0.05) is 0 Å². The summed E-state index contributed by atoms with van der Waals surface area (Å²) < 4.78 is 1.86. The van der Waals surface area contributed by atoms with E-state index in [9.17, 15) is 0 Å². The molecule has 0 radical (unpaired) electrons. The van der Waals surface area contributed by atoms with E-state index in [1.165, 1.54) is 0 Å². The predicted molar refractivity (Wildman–Crippen MR) is 59.1 cm³/mol. The lowest BCUT2D eigenvalue weighted by atomic mass is 10.2. The van der Waals surface area contributed by atoms with Crippen LogP contribution in [-0.4, -0.2) is 19.7 Å². The van der Waals surface area contributed by atoms with E-state index in [4.69, 9.17) is 5.84 Å². The second-order valence-electron chi connectivity index (χ2n) is 3.28. The van der Waals surface area contributed by atoms with E-state index < -0.39 is 0 Å². The maximum absolute atomic E-state index is 5.55. The maximum atomic E-state index is 5.55. The molecule has 3 N–H and O–H groups in total. The number of nitrogens with zero attached hydrogens (tertiary/aromatic N) is 4. The van der Waals surface area contributed by atoms with Gasteiger partial charge in [0.2, 0.25) is 0 Å². The molecule has 6 nitrogen and oxygen atoms in total. The van der Waals surface area contributed by atoms with E-state index in [0.29, 0.717) is 5.82 Å². The molecule has 0 saturated carbocycles. The molecule has 2 aromatic heterocycles. The Morgan fingerprint density at radius 1 is 1.38 bits per heavy atom. The fraction of sp³-hybridized carbons (Fsp3) is 0.300. The van der Waals surface area contributed by atoms with Gasteiger partial charge >= 0.3 is 0 Å². The summed E-state index contributed by atoms with van der Waals surface area (Å²) in [6.07, 6.45) is 5.13. The Bertz CT molecular complexity index is 438. The van der Waals surface area contributed by atoms with Gasteiger partial charge in [0.15, 0.2) is 5.82 Å². The van der Waals surface area contributed by atoms with Gasteiger partial charge in [0.25, 0.3) is 0 Å². The molecule has 6 heteroatoms. The summed E-state index contributed by atoms with van der Waals surface area (Å²) in [5.41, 5.74) is 3.66. The minimum Gasteiger partial charge on any atom is -0.270 e. The highest BCUT2D eigenvalue weighted by Gasteiger charge is 2.18. The van der Waals surface area contributed by atoms with Crippen molar-refractivity contribution in [2.75, 3.05) is 0 Å². The van der Waals surface area contributed by atoms with Gasteiger partial charge in [-0.05, 0) is 19.1 Å². The van der Waals surface area contributed by atoms with Crippen LogP contribution in [0.15, 0.2) is 30.7 Å². The summed E-state index contributed by atoms with van der Waals surface area (Å²) in [6, 6.07) is 3.45. The Kier molecular flexibility index (Phi) is 3.23. The van der Waals surface area contributed by atoms with Gasteiger partial charge in [-0.3, -0.25) is 10.5 Å². The summed E-state index contributed by atoms with van der Waals surface area (Å²) in [5.74, 6) is 6.19. The molecule has 16 heavy (non-hydrogen) atoms. The molecule has 2 heterocycles. The van der Waals surface area contributed by atoms with Crippen LogP contribution in [0.5, 0.6) is 0 Å². The van der Waals surface area contributed by atoms with Crippen molar-refractivity contribution in [3.05, 3.63) is 42.2 Å². The van der Waals surface area contributed by atoms with Crippen LogP contribution in [0, 0.1) is 0 Å². The van der Waals surface area contributed by atoms with E-state index in [0.717, 1.165) is 12.2 Å². The summed E-state index contributed by atoms with van der Waals surface area (Å²) in [7, 11) is 0. The van der Waals surface area contributed by atoms with Crippen LogP contribution in [0.25, 0.3) is 0 Å². The fourth-order valence-electron chi connectivity index (χ4n) is 1.60. The first-order valence-corrected chi connectivity index (χ1v) is 5.11. The summed E-state index contributed by atoms with van der Waals surface area (Å²) >= 11 is 0. The minimum absolute atomic E-state index is 0.233. The van der Waals surface area contributed by atoms with Crippen LogP contribution in [-0.2, 0) is 6.54 Å². The Morgan fingerprint density at radius 3 is 2.75 bits per heavy atom. The minimum atomic E-state index is -0.233. The highest BCUT2D eigenvalue weighted by molar-refractivity contribution is 5.16. The van der Waals surface area contributed by atoms with Crippen LogP contribution >= 0.6 is 0 Å². The van der Waals surface area contributed by atoms with Gasteiger partial charge in [-0.25, -0.2) is 15.4 Å². The largest absolute Gasteiger partial charge is 0.270 e. The zero-order valence-corrected chi connectivity index (χ0v) is 9.04. The van der Waals surface area contributed by atoms with Crippen LogP contribution < -0.4 is 11.3 Å². The van der Waals surface area contributed by atoms with Crippen molar-refractivity contribution in [2.24, 2.45) is 5.84 Å². The highest BCUT2D eigenvalue weighted by atomic mass is 15.3. The van der Waals surface area contributed by atoms with E-state index in [1.54, 1.807) is 24.7 Å².